The molecule has 0 radical (unpaired) electrons. The van der Waals surface area contributed by atoms with Crippen LogP contribution in [0.2, 0.25) is 0 Å². The van der Waals surface area contributed by atoms with Crippen LogP contribution in [0, 0.1) is 6.92 Å². The summed E-state index contributed by atoms with van der Waals surface area (Å²) in [5.41, 5.74) is 3.32. The van der Waals surface area contributed by atoms with Crippen LogP contribution in [0.3, 0.4) is 0 Å². The van der Waals surface area contributed by atoms with Gasteiger partial charge < -0.3 is 10.4 Å². The van der Waals surface area contributed by atoms with E-state index in [1.54, 1.807) is 25.3 Å². The van der Waals surface area contributed by atoms with Crippen LogP contribution in [0.15, 0.2) is 42.6 Å². The molecule has 0 spiro atoms. The highest BCUT2D eigenvalue weighted by Gasteiger charge is 2.32. The Kier molecular flexibility index (Phi) is 3.24. The molecule has 0 bridgehead atoms. The highest BCUT2D eigenvalue weighted by atomic mass is 16.3. The second kappa shape index (κ2) is 5.06. The van der Waals surface area contributed by atoms with Crippen LogP contribution in [-0.2, 0) is 6.42 Å². The number of carbonyl (C=O) groups excluding carboxylic acids is 1. The number of nitrogens with zero attached hydrogens (tertiary/aromatic N) is 1. The number of amides is 1. The number of aliphatic hydroxyl groups excluding tert-OH is 1. The summed E-state index contributed by atoms with van der Waals surface area (Å²) < 4.78 is 0. The molecule has 1 amide bonds. The first-order valence-corrected chi connectivity index (χ1v) is 6.65. The molecule has 0 fully saturated rings. The van der Waals surface area contributed by atoms with Crippen molar-refractivity contribution in [3.05, 3.63) is 65.0 Å². The van der Waals surface area contributed by atoms with Gasteiger partial charge in [0.1, 0.15) is 0 Å². The molecule has 1 aromatic carbocycles. The summed E-state index contributed by atoms with van der Waals surface area (Å²) in [4.78, 5) is 16.4. The molecule has 20 heavy (non-hydrogen) atoms. The number of aryl methyl sites for hydroxylation is 1. The summed E-state index contributed by atoms with van der Waals surface area (Å²) in [6.45, 7) is 1.80. The van der Waals surface area contributed by atoms with Gasteiger partial charge in [0.2, 0.25) is 0 Å². The zero-order valence-corrected chi connectivity index (χ0v) is 11.2. The molecule has 0 aliphatic heterocycles. The van der Waals surface area contributed by atoms with Crippen LogP contribution < -0.4 is 5.32 Å². The Balaban J connectivity index is 1.85. The van der Waals surface area contributed by atoms with Crippen LogP contribution in [0.1, 0.15) is 33.2 Å². The SMILES string of the molecule is Cc1ncccc1C(=O)NC1c2ccccc2CC1O. The molecule has 102 valence electrons. The number of pyridine rings is 1. The van der Waals surface area contributed by atoms with Gasteiger partial charge in [-0.2, -0.15) is 0 Å². The highest BCUT2D eigenvalue weighted by Crippen LogP contribution is 2.31. The molecule has 0 saturated carbocycles. The summed E-state index contributed by atoms with van der Waals surface area (Å²) in [7, 11) is 0. The van der Waals surface area contributed by atoms with Crippen molar-refractivity contribution in [3.8, 4) is 0 Å². The monoisotopic (exact) mass is 268 g/mol. The average Bonchev–Trinajstić information content (AvgIpc) is 2.76. The lowest BCUT2D eigenvalue weighted by atomic mass is 10.1. The zero-order valence-electron chi connectivity index (χ0n) is 11.2. The minimum absolute atomic E-state index is 0.198. The number of carbonyl (C=O) groups is 1. The maximum absolute atomic E-state index is 12.3. The van der Waals surface area contributed by atoms with Gasteiger partial charge in [0.05, 0.1) is 17.7 Å². The molecule has 1 heterocycles. The third kappa shape index (κ3) is 2.18. The van der Waals surface area contributed by atoms with Crippen molar-refractivity contribution in [2.75, 3.05) is 0 Å². The van der Waals surface area contributed by atoms with E-state index in [1.807, 2.05) is 24.3 Å². The molecule has 2 N–H and O–H groups in total. The van der Waals surface area contributed by atoms with Gasteiger partial charge in [0, 0.05) is 18.3 Å². The lowest BCUT2D eigenvalue weighted by Crippen LogP contribution is -2.34. The largest absolute Gasteiger partial charge is 0.390 e. The average molecular weight is 268 g/mol. The van der Waals surface area contributed by atoms with Gasteiger partial charge in [-0.1, -0.05) is 24.3 Å². The van der Waals surface area contributed by atoms with E-state index in [0.717, 1.165) is 11.1 Å². The van der Waals surface area contributed by atoms with Gasteiger partial charge >= 0.3 is 0 Å². The van der Waals surface area contributed by atoms with Crippen molar-refractivity contribution in [2.45, 2.75) is 25.5 Å². The van der Waals surface area contributed by atoms with Crippen molar-refractivity contribution < 1.29 is 9.90 Å². The topological polar surface area (TPSA) is 62.2 Å². The standard InChI is InChI=1S/C16H16N2O2/c1-10-12(7-4-8-17-10)16(20)18-15-13-6-3-2-5-11(13)9-14(15)19/h2-8,14-15,19H,9H2,1H3,(H,18,20). The van der Waals surface area contributed by atoms with Crippen molar-refractivity contribution in [2.24, 2.45) is 0 Å². The number of nitrogens with one attached hydrogen (secondary N) is 1. The van der Waals surface area contributed by atoms with Crippen LogP contribution in [0.5, 0.6) is 0 Å². The quantitative estimate of drug-likeness (QED) is 0.872. The van der Waals surface area contributed by atoms with E-state index in [4.69, 9.17) is 0 Å². The van der Waals surface area contributed by atoms with E-state index in [2.05, 4.69) is 10.3 Å². The van der Waals surface area contributed by atoms with Crippen LogP contribution >= 0.6 is 0 Å². The Hall–Kier alpha value is -2.20. The van der Waals surface area contributed by atoms with Crippen molar-refractivity contribution in [3.63, 3.8) is 0 Å². The fourth-order valence-electron chi connectivity index (χ4n) is 2.69. The van der Waals surface area contributed by atoms with Crippen LogP contribution in [0.25, 0.3) is 0 Å². The molecular weight excluding hydrogens is 252 g/mol. The molecule has 2 atom stereocenters. The minimum atomic E-state index is -0.576. The number of fused-ring (bicyclic) bond motifs is 1. The van der Waals surface area contributed by atoms with Gasteiger partial charge in [0.25, 0.3) is 5.91 Å². The third-order valence-corrected chi connectivity index (χ3v) is 3.74. The van der Waals surface area contributed by atoms with Crippen molar-refractivity contribution >= 4 is 5.91 Å². The molecule has 0 saturated heterocycles. The molecule has 4 nitrogen and oxygen atoms in total. The maximum atomic E-state index is 12.3. The Morgan fingerprint density at radius 1 is 1.30 bits per heavy atom. The zero-order chi connectivity index (χ0) is 14.1. The Bertz CT molecular complexity index is 654. The molecule has 3 rings (SSSR count). The van der Waals surface area contributed by atoms with Gasteiger partial charge in [-0.05, 0) is 30.2 Å². The lowest BCUT2D eigenvalue weighted by Gasteiger charge is -2.18. The Morgan fingerprint density at radius 3 is 2.90 bits per heavy atom. The summed E-state index contributed by atoms with van der Waals surface area (Å²) in [6.07, 6.45) is 1.66. The molecule has 4 heteroatoms. The molecule has 1 aliphatic carbocycles. The van der Waals surface area contributed by atoms with E-state index in [9.17, 15) is 9.90 Å². The summed E-state index contributed by atoms with van der Waals surface area (Å²) in [6, 6.07) is 10.9. The molecular formula is C16H16N2O2. The maximum Gasteiger partial charge on any atom is 0.253 e. The number of aliphatic hydroxyl groups is 1. The smallest absolute Gasteiger partial charge is 0.253 e. The van der Waals surface area contributed by atoms with Crippen molar-refractivity contribution in [1.82, 2.24) is 10.3 Å². The predicted molar refractivity (Wildman–Crippen MR) is 75.3 cm³/mol. The first kappa shape index (κ1) is 12.8. The number of aromatic nitrogens is 1. The molecule has 1 aliphatic rings. The highest BCUT2D eigenvalue weighted by molar-refractivity contribution is 5.95. The second-order valence-electron chi connectivity index (χ2n) is 5.06. The van der Waals surface area contributed by atoms with Gasteiger partial charge in [-0.3, -0.25) is 9.78 Å². The Morgan fingerprint density at radius 2 is 2.10 bits per heavy atom. The fourth-order valence-corrected chi connectivity index (χ4v) is 2.69. The van der Waals surface area contributed by atoms with E-state index in [-0.39, 0.29) is 11.9 Å². The predicted octanol–water partition coefficient (Wildman–Crippen LogP) is 1.78. The summed E-state index contributed by atoms with van der Waals surface area (Å²) in [5, 5.41) is 13.1. The first-order valence-electron chi connectivity index (χ1n) is 6.65. The Labute approximate surface area is 117 Å². The van der Waals surface area contributed by atoms with E-state index < -0.39 is 6.10 Å². The summed E-state index contributed by atoms with van der Waals surface area (Å²) in [5.74, 6) is -0.198. The number of hydrogen-bond acceptors (Lipinski definition) is 3. The van der Waals surface area contributed by atoms with E-state index in [0.29, 0.717) is 17.7 Å². The molecule has 1 aromatic heterocycles. The normalized spacial score (nSPS) is 20.5. The van der Waals surface area contributed by atoms with Crippen LogP contribution in [0.4, 0.5) is 0 Å². The van der Waals surface area contributed by atoms with Gasteiger partial charge in [0.15, 0.2) is 0 Å². The lowest BCUT2D eigenvalue weighted by molar-refractivity contribution is 0.0857. The first-order chi connectivity index (χ1) is 9.66. The number of benzene rings is 1. The second-order valence-corrected chi connectivity index (χ2v) is 5.06. The van der Waals surface area contributed by atoms with Gasteiger partial charge in [-0.25, -0.2) is 0 Å². The van der Waals surface area contributed by atoms with E-state index >= 15 is 0 Å². The third-order valence-electron chi connectivity index (χ3n) is 3.74. The fraction of sp³-hybridized carbons (Fsp3) is 0.250. The van der Waals surface area contributed by atoms with E-state index in [1.165, 1.54) is 0 Å². The van der Waals surface area contributed by atoms with Gasteiger partial charge in [-0.15, -0.1) is 0 Å². The van der Waals surface area contributed by atoms with Crippen LogP contribution in [-0.4, -0.2) is 22.1 Å². The number of rotatable bonds is 2. The molecule has 2 unspecified atom stereocenters. The van der Waals surface area contributed by atoms with Crippen molar-refractivity contribution in [1.29, 1.82) is 0 Å². The number of hydrogen-bond donors (Lipinski definition) is 2. The molecule has 2 aromatic rings. The minimum Gasteiger partial charge on any atom is -0.390 e. The summed E-state index contributed by atoms with van der Waals surface area (Å²) >= 11 is 0.